The van der Waals surface area contributed by atoms with Gasteiger partial charge in [0.1, 0.15) is 0 Å². The Morgan fingerprint density at radius 1 is 1.33 bits per heavy atom. The summed E-state index contributed by atoms with van der Waals surface area (Å²) < 4.78 is 0. The molecule has 0 aromatic heterocycles. The van der Waals surface area contributed by atoms with Gasteiger partial charge in [0.25, 0.3) is 0 Å². The minimum atomic E-state index is 0. The molecule has 0 nitrogen and oxygen atoms in total. The van der Waals surface area contributed by atoms with Crippen molar-refractivity contribution in [3.05, 3.63) is 0 Å². The maximum Gasteiger partial charge on any atom is 1.00 e. The van der Waals surface area contributed by atoms with E-state index in [1.165, 1.54) is 6.04 Å². The van der Waals surface area contributed by atoms with Crippen molar-refractivity contribution in [3.63, 3.8) is 0 Å². The van der Waals surface area contributed by atoms with Gasteiger partial charge in [0.15, 0.2) is 0 Å². The molecular formula is C3H8Na2Si. The third kappa shape index (κ3) is 16.4. The van der Waals surface area contributed by atoms with E-state index in [4.69, 9.17) is 0 Å². The van der Waals surface area contributed by atoms with E-state index in [0.717, 1.165) is 9.52 Å². The van der Waals surface area contributed by atoms with Crippen molar-refractivity contribution >= 4 is 9.52 Å². The zero-order chi connectivity index (χ0) is 3.41. The smallest absolute Gasteiger partial charge is 0.964 e. The van der Waals surface area contributed by atoms with Gasteiger partial charge in [0.2, 0.25) is 0 Å². The molecule has 0 spiro atoms. The average molecular weight is 118 g/mol. The number of hydrogen-bond acceptors (Lipinski definition) is 0. The summed E-state index contributed by atoms with van der Waals surface area (Å²) in [5, 5.41) is 0. The first-order valence-electron chi connectivity index (χ1n) is 1.56. The van der Waals surface area contributed by atoms with Crippen LogP contribution in [0.1, 0.15) is 6.92 Å². The molecule has 0 bridgehead atoms. The molecule has 0 aromatic rings. The average Bonchev–Trinajstić information content (AvgIpc) is 1.37. The van der Waals surface area contributed by atoms with Crippen molar-refractivity contribution in [1.82, 2.24) is 0 Å². The second-order valence-electron chi connectivity index (χ2n) is 0.707. The molecule has 0 fully saturated rings. The summed E-state index contributed by atoms with van der Waals surface area (Å²) in [6, 6.07) is 1.35. The van der Waals surface area contributed by atoms with Crippen LogP contribution in [0.5, 0.6) is 0 Å². The topological polar surface area (TPSA) is 0 Å². The van der Waals surface area contributed by atoms with Gasteiger partial charge >= 0.3 is 59.1 Å². The van der Waals surface area contributed by atoms with Crippen LogP contribution in [0.3, 0.4) is 0 Å². The first-order valence-corrected chi connectivity index (χ1v) is 3.27. The van der Waals surface area contributed by atoms with Crippen LogP contribution in [0.4, 0.5) is 0 Å². The molecular weight excluding hydrogens is 110 g/mol. The van der Waals surface area contributed by atoms with E-state index in [2.05, 4.69) is 13.5 Å². The van der Waals surface area contributed by atoms with Crippen LogP contribution in [0.15, 0.2) is 0 Å². The fourth-order valence-electron chi connectivity index (χ4n) is 0. The van der Waals surface area contributed by atoms with Crippen LogP contribution >= 0.6 is 0 Å². The van der Waals surface area contributed by atoms with E-state index in [-0.39, 0.29) is 59.1 Å². The Morgan fingerprint density at radius 2 is 1.50 bits per heavy atom. The van der Waals surface area contributed by atoms with Crippen LogP contribution < -0.4 is 59.1 Å². The van der Waals surface area contributed by atoms with Crippen LogP contribution in [-0.2, 0) is 0 Å². The Bertz CT molecular complexity index is 10.8. The van der Waals surface area contributed by atoms with E-state index in [0.29, 0.717) is 0 Å². The van der Waals surface area contributed by atoms with E-state index < -0.39 is 0 Å². The standard InChI is InChI=1S/C3H8Si.2Na/c1-3-4-2;;/h3H2,1-2H3;;/q-2;2*+1. The van der Waals surface area contributed by atoms with Crippen molar-refractivity contribution in [3.8, 4) is 0 Å². The van der Waals surface area contributed by atoms with E-state index in [1.807, 2.05) is 0 Å². The molecule has 0 aliphatic carbocycles. The number of rotatable bonds is 1. The van der Waals surface area contributed by atoms with Crippen LogP contribution in [0.25, 0.3) is 0 Å². The Morgan fingerprint density at radius 3 is 1.50 bits per heavy atom. The van der Waals surface area contributed by atoms with Crippen molar-refractivity contribution in [2.75, 3.05) is 0 Å². The van der Waals surface area contributed by atoms with Gasteiger partial charge in [-0.1, -0.05) is 0 Å². The van der Waals surface area contributed by atoms with Gasteiger partial charge in [-0.25, -0.2) is 0 Å². The second-order valence-corrected chi connectivity index (χ2v) is 2.12. The SMILES string of the molecule is CC[Si-2]C.[Na+].[Na+]. The largest absolute Gasteiger partial charge is 1.00 e. The predicted octanol–water partition coefficient (Wildman–Crippen LogP) is -4.82. The van der Waals surface area contributed by atoms with Crippen LogP contribution in [0, 0.1) is 0 Å². The molecule has 0 N–H and O–H groups in total. The molecule has 0 unspecified atom stereocenters. The van der Waals surface area contributed by atoms with E-state index in [1.54, 1.807) is 0 Å². The Labute approximate surface area is 86.9 Å². The molecule has 26 valence electrons. The summed E-state index contributed by atoms with van der Waals surface area (Å²) in [4.78, 5) is 0. The van der Waals surface area contributed by atoms with Crippen molar-refractivity contribution in [2.24, 2.45) is 0 Å². The zero-order valence-electron chi connectivity index (χ0n) is 5.21. The summed E-state index contributed by atoms with van der Waals surface area (Å²) in [6.07, 6.45) is 0. The third-order valence-electron chi connectivity index (χ3n) is 0.354. The van der Waals surface area contributed by atoms with Gasteiger partial charge in [-0.3, -0.25) is 0 Å². The van der Waals surface area contributed by atoms with Gasteiger partial charge < -0.3 is 22.1 Å². The minimum Gasteiger partial charge on any atom is -0.964 e. The van der Waals surface area contributed by atoms with Crippen molar-refractivity contribution < 1.29 is 59.1 Å². The molecule has 0 radical (unpaired) electrons. The van der Waals surface area contributed by atoms with Crippen LogP contribution in [0.2, 0.25) is 12.6 Å². The van der Waals surface area contributed by atoms with Crippen LogP contribution in [-0.4, -0.2) is 9.52 Å². The first kappa shape index (κ1) is 15.7. The summed E-state index contributed by atoms with van der Waals surface area (Å²) >= 11 is 0. The molecule has 0 aromatic carbocycles. The normalized spacial score (nSPS) is 5.00. The Hall–Kier alpha value is 2.22. The molecule has 0 aliphatic rings. The minimum absolute atomic E-state index is 0. The van der Waals surface area contributed by atoms with E-state index in [9.17, 15) is 0 Å². The monoisotopic (exact) mass is 118 g/mol. The van der Waals surface area contributed by atoms with Gasteiger partial charge in [0.05, 0.1) is 0 Å². The van der Waals surface area contributed by atoms with Crippen molar-refractivity contribution in [1.29, 1.82) is 0 Å². The Balaban J connectivity index is -0.0000000450. The maximum absolute atomic E-state index is 2.21. The molecule has 0 saturated carbocycles. The van der Waals surface area contributed by atoms with Gasteiger partial charge in [-0.05, 0) is 0 Å². The molecule has 6 heavy (non-hydrogen) atoms. The zero-order valence-corrected chi connectivity index (χ0v) is 10.2. The summed E-state index contributed by atoms with van der Waals surface area (Å²) in [5.41, 5.74) is 0. The fourth-order valence-corrected chi connectivity index (χ4v) is 0. The first-order chi connectivity index (χ1) is 1.91. The second kappa shape index (κ2) is 15.7. The fraction of sp³-hybridized carbons (Fsp3) is 1.00. The van der Waals surface area contributed by atoms with E-state index >= 15 is 0 Å². The number of hydrogen-bond donors (Lipinski definition) is 0. The Kier molecular flexibility index (Phi) is 41.1. The maximum atomic E-state index is 2.21. The molecule has 3 heteroatoms. The molecule has 0 amide bonds. The van der Waals surface area contributed by atoms with Crippen molar-refractivity contribution in [2.45, 2.75) is 19.5 Å². The van der Waals surface area contributed by atoms with Gasteiger partial charge in [0, 0.05) is 0 Å². The summed E-state index contributed by atoms with van der Waals surface area (Å²) in [6.45, 7) is 4.40. The third-order valence-corrected chi connectivity index (χ3v) is 1.06. The predicted molar refractivity (Wildman–Crippen MR) is 22.1 cm³/mol. The van der Waals surface area contributed by atoms with Gasteiger partial charge in [-0.15, -0.1) is 6.92 Å². The molecule has 0 atom stereocenters. The molecule has 0 aliphatic heterocycles. The molecule has 0 rings (SSSR count). The molecule has 0 saturated heterocycles. The quantitative estimate of drug-likeness (QED) is 0.303. The summed E-state index contributed by atoms with van der Waals surface area (Å²) in [5.74, 6) is 0. The molecule has 0 heterocycles. The summed E-state index contributed by atoms with van der Waals surface area (Å²) in [7, 11) is 1.14. The van der Waals surface area contributed by atoms with Gasteiger partial charge in [-0.2, -0.15) is 0 Å².